The number of rotatable bonds is 2. The average molecular weight is 214 g/mol. The van der Waals surface area contributed by atoms with Gasteiger partial charge in [0.15, 0.2) is 5.60 Å². The number of aliphatic hydroxyl groups is 1. The molecule has 0 saturated heterocycles. The van der Waals surface area contributed by atoms with Crippen molar-refractivity contribution in [3.8, 4) is 5.75 Å². The number of ether oxygens (including phenoxy) is 1. The van der Waals surface area contributed by atoms with Crippen molar-refractivity contribution in [1.82, 2.24) is 0 Å². The van der Waals surface area contributed by atoms with Crippen LogP contribution in [0, 0.1) is 0 Å². The topological polar surface area (TPSA) is 29.5 Å². The summed E-state index contributed by atoms with van der Waals surface area (Å²) in [5.41, 5.74) is -0.914. The summed E-state index contributed by atoms with van der Waals surface area (Å²) >= 11 is 0. The summed E-state index contributed by atoms with van der Waals surface area (Å²) in [4.78, 5) is 0. The average Bonchev–Trinajstić information content (AvgIpc) is 2.29. The third kappa shape index (κ3) is 1.69. The number of hydrogen-bond acceptors (Lipinski definition) is 2. The fraction of sp³-hybridized carbons (Fsp3) is 0.455. The second kappa shape index (κ2) is 3.77. The van der Waals surface area contributed by atoms with Crippen LogP contribution < -0.4 is 4.74 Å². The fourth-order valence-electron chi connectivity index (χ4n) is 1.79. The third-order valence-electron chi connectivity index (χ3n) is 2.66. The highest BCUT2D eigenvalue weighted by Crippen LogP contribution is 2.39. The van der Waals surface area contributed by atoms with Gasteiger partial charge in [0.25, 0.3) is 0 Å². The highest BCUT2D eigenvalue weighted by Gasteiger charge is 2.41. The zero-order valence-corrected chi connectivity index (χ0v) is 8.12. The summed E-state index contributed by atoms with van der Waals surface area (Å²) < 4.78 is 30.7. The maximum Gasteiger partial charge on any atom is 0.168 e. The minimum Gasteiger partial charge on any atom is -0.481 e. The maximum atomic E-state index is 12.7. The van der Waals surface area contributed by atoms with Crippen LogP contribution >= 0.6 is 0 Å². The van der Waals surface area contributed by atoms with Crippen LogP contribution in [0.25, 0.3) is 0 Å². The molecule has 0 radical (unpaired) electrons. The Morgan fingerprint density at radius 3 is 2.67 bits per heavy atom. The summed E-state index contributed by atoms with van der Waals surface area (Å²) in [6.45, 7) is -1.87. The van der Waals surface area contributed by atoms with Gasteiger partial charge in [-0.25, -0.2) is 8.78 Å². The predicted octanol–water partition coefficient (Wildman–Crippen LogP) is 2.18. The zero-order valence-electron chi connectivity index (χ0n) is 8.12. The Morgan fingerprint density at radius 2 is 2.00 bits per heavy atom. The van der Waals surface area contributed by atoms with E-state index in [2.05, 4.69) is 0 Å². The van der Waals surface area contributed by atoms with Gasteiger partial charge in [0, 0.05) is 12.0 Å². The number of para-hydroxylation sites is 1. The van der Waals surface area contributed by atoms with Crippen molar-refractivity contribution in [2.75, 3.05) is 13.3 Å². The molecule has 0 amide bonds. The Labute approximate surface area is 86.5 Å². The molecule has 2 nitrogen and oxygen atoms in total. The molecule has 1 N–H and O–H groups in total. The fourth-order valence-corrected chi connectivity index (χ4v) is 1.79. The largest absolute Gasteiger partial charge is 0.481 e. The highest BCUT2D eigenvalue weighted by atomic mass is 19.1. The lowest BCUT2D eigenvalue weighted by Crippen LogP contribution is -2.45. The first-order valence-electron chi connectivity index (χ1n) is 4.79. The van der Waals surface area contributed by atoms with Crippen molar-refractivity contribution in [2.24, 2.45) is 0 Å². The van der Waals surface area contributed by atoms with E-state index < -0.39 is 25.1 Å². The first-order valence-corrected chi connectivity index (χ1v) is 4.79. The smallest absolute Gasteiger partial charge is 0.168 e. The van der Waals surface area contributed by atoms with Crippen molar-refractivity contribution in [3.63, 3.8) is 0 Å². The van der Waals surface area contributed by atoms with E-state index in [4.69, 9.17) is 4.74 Å². The van der Waals surface area contributed by atoms with E-state index >= 15 is 0 Å². The molecular weight excluding hydrogens is 202 g/mol. The molecule has 1 aromatic carbocycles. The van der Waals surface area contributed by atoms with Crippen LogP contribution in [0.5, 0.6) is 5.75 Å². The van der Waals surface area contributed by atoms with Crippen molar-refractivity contribution >= 4 is 0 Å². The van der Waals surface area contributed by atoms with Gasteiger partial charge in [0.1, 0.15) is 19.1 Å². The lowest BCUT2D eigenvalue weighted by Gasteiger charge is -2.36. The number of hydrogen-bond donors (Lipinski definition) is 1. The van der Waals surface area contributed by atoms with Crippen molar-refractivity contribution < 1.29 is 18.6 Å². The summed E-state index contributed by atoms with van der Waals surface area (Å²) in [5.74, 6) is 0.367. The molecule has 1 heterocycles. The molecule has 1 aliphatic rings. The third-order valence-corrected chi connectivity index (χ3v) is 2.66. The van der Waals surface area contributed by atoms with Gasteiger partial charge in [-0.05, 0) is 6.07 Å². The van der Waals surface area contributed by atoms with Crippen molar-refractivity contribution in [2.45, 2.75) is 18.1 Å². The minimum atomic E-state index is -1.51. The van der Waals surface area contributed by atoms with Crippen molar-refractivity contribution in [1.29, 1.82) is 0 Å². The zero-order chi connectivity index (χ0) is 10.9. The summed E-state index contributed by atoms with van der Waals surface area (Å²) in [6, 6.07) is 6.76. The Bertz CT molecular complexity index is 350. The number of aliphatic hydroxyl groups excluding tert-OH is 1. The van der Waals surface area contributed by atoms with Crippen LogP contribution in [0.2, 0.25) is 0 Å². The molecule has 0 bridgehead atoms. The van der Waals surface area contributed by atoms with E-state index in [9.17, 15) is 13.9 Å². The van der Waals surface area contributed by atoms with E-state index in [1.807, 2.05) is 0 Å². The van der Waals surface area contributed by atoms with Gasteiger partial charge in [-0.3, -0.25) is 0 Å². The Balaban J connectivity index is 2.37. The van der Waals surface area contributed by atoms with Gasteiger partial charge in [0.2, 0.25) is 0 Å². The monoisotopic (exact) mass is 214 g/mol. The molecule has 82 valence electrons. The Kier molecular flexibility index (Phi) is 2.61. The first-order chi connectivity index (χ1) is 7.21. The number of fused-ring (bicyclic) bond motifs is 1. The van der Waals surface area contributed by atoms with Gasteiger partial charge < -0.3 is 9.84 Å². The molecule has 0 spiro atoms. The maximum absolute atomic E-state index is 12.7. The highest BCUT2D eigenvalue weighted by molar-refractivity contribution is 5.38. The SMILES string of the molecule is OC1CC(CF)(CF)Oc2ccccc21. The molecule has 1 aromatic rings. The molecule has 0 saturated carbocycles. The molecule has 1 aliphatic heterocycles. The van der Waals surface area contributed by atoms with Crippen LogP contribution in [0.15, 0.2) is 24.3 Å². The molecule has 0 aromatic heterocycles. The van der Waals surface area contributed by atoms with Gasteiger partial charge in [0.05, 0.1) is 6.10 Å². The normalized spacial score (nSPS) is 23.0. The number of halogens is 2. The first kappa shape index (κ1) is 10.4. The number of alkyl halides is 2. The second-order valence-electron chi connectivity index (χ2n) is 3.81. The lowest BCUT2D eigenvalue weighted by molar-refractivity contribution is -0.0443. The molecule has 0 fully saturated rings. The second-order valence-corrected chi connectivity index (χ2v) is 3.81. The molecular formula is C11H12F2O2. The summed E-state index contributed by atoms with van der Waals surface area (Å²) in [6.07, 6.45) is -0.904. The summed E-state index contributed by atoms with van der Waals surface area (Å²) in [7, 11) is 0. The van der Waals surface area contributed by atoms with Gasteiger partial charge in [-0.15, -0.1) is 0 Å². The van der Waals surface area contributed by atoms with E-state index in [1.165, 1.54) is 0 Å². The van der Waals surface area contributed by atoms with Crippen molar-refractivity contribution in [3.05, 3.63) is 29.8 Å². The Hall–Kier alpha value is -1.16. The van der Waals surface area contributed by atoms with Gasteiger partial charge in [-0.2, -0.15) is 0 Å². The molecule has 0 aliphatic carbocycles. The predicted molar refractivity (Wildman–Crippen MR) is 51.3 cm³/mol. The van der Waals surface area contributed by atoms with Gasteiger partial charge in [-0.1, -0.05) is 18.2 Å². The van der Waals surface area contributed by atoms with Crippen LogP contribution in [-0.2, 0) is 0 Å². The standard InChI is InChI=1S/C11H12F2O2/c12-6-11(7-13)5-9(14)8-3-1-2-4-10(8)15-11/h1-4,9,14H,5-7H2. The van der Waals surface area contributed by atoms with E-state index in [-0.39, 0.29) is 6.42 Å². The van der Waals surface area contributed by atoms with Crippen LogP contribution in [0.1, 0.15) is 18.1 Å². The molecule has 15 heavy (non-hydrogen) atoms. The molecule has 1 atom stereocenters. The van der Waals surface area contributed by atoms with E-state index in [0.717, 1.165) is 0 Å². The molecule has 4 heteroatoms. The number of benzene rings is 1. The summed E-state index contributed by atoms with van der Waals surface area (Å²) in [5, 5.41) is 9.75. The van der Waals surface area contributed by atoms with E-state index in [0.29, 0.717) is 11.3 Å². The minimum absolute atomic E-state index is 0.0446. The quantitative estimate of drug-likeness (QED) is 0.817. The van der Waals surface area contributed by atoms with Crippen LogP contribution in [-0.4, -0.2) is 24.1 Å². The van der Waals surface area contributed by atoms with Crippen LogP contribution in [0.3, 0.4) is 0 Å². The lowest BCUT2D eigenvalue weighted by atomic mass is 9.91. The van der Waals surface area contributed by atoms with Crippen LogP contribution in [0.4, 0.5) is 8.78 Å². The molecule has 2 rings (SSSR count). The Morgan fingerprint density at radius 1 is 1.33 bits per heavy atom. The van der Waals surface area contributed by atoms with Gasteiger partial charge >= 0.3 is 0 Å². The molecule has 1 unspecified atom stereocenters. The van der Waals surface area contributed by atoms with E-state index in [1.54, 1.807) is 24.3 Å².